The Morgan fingerprint density at radius 1 is 1.05 bits per heavy atom. The lowest BCUT2D eigenvalue weighted by molar-refractivity contribution is 0.262. The number of fused-ring (bicyclic) bond motifs is 1. The van der Waals surface area contributed by atoms with Crippen molar-refractivity contribution in [2.75, 3.05) is 23.0 Å². The SMILES string of the molecule is CNc1ncc2cc(-c3ccc(F)c(NC(=O)Nc4cn(C(C)(C)C)nc4-c4cccc(C#N)c4)c3)c(=O)n(C)c2n1. The number of anilines is 3. The summed E-state index contributed by atoms with van der Waals surface area (Å²) in [5.41, 5.74) is 2.18. The van der Waals surface area contributed by atoms with E-state index in [0.29, 0.717) is 50.6 Å². The number of amides is 2. The van der Waals surface area contributed by atoms with Gasteiger partial charge in [0.25, 0.3) is 5.56 Å². The number of carbonyl (C=O) groups excluding carboxylic acids is 1. The fourth-order valence-corrected chi connectivity index (χ4v) is 4.40. The van der Waals surface area contributed by atoms with Crippen molar-refractivity contribution in [2.45, 2.75) is 26.3 Å². The van der Waals surface area contributed by atoms with E-state index in [9.17, 15) is 19.2 Å². The van der Waals surface area contributed by atoms with Crippen molar-refractivity contribution in [1.29, 1.82) is 5.26 Å². The van der Waals surface area contributed by atoms with Crippen LogP contribution in [0.25, 0.3) is 33.4 Å². The number of rotatable bonds is 5. The number of pyridine rings is 1. The summed E-state index contributed by atoms with van der Waals surface area (Å²) in [7, 11) is 3.28. The van der Waals surface area contributed by atoms with Crippen LogP contribution in [0.1, 0.15) is 26.3 Å². The topological polar surface area (TPSA) is 143 Å². The summed E-state index contributed by atoms with van der Waals surface area (Å²) >= 11 is 0. The Balaban J connectivity index is 1.47. The molecule has 0 radical (unpaired) electrons. The number of halogens is 1. The Bertz CT molecular complexity index is 1950. The quantitative estimate of drug-likeness (QED) is 0.262. The van der Waals surface area contributed by atoms with Gasteiger partial charge < -0.3 is 16.0 Å². The largest absolute Gasteiger partial charge is 0.357 e. The van der Waals surface area contributed by atoms with Gasteiger partial charge >= 0.3 is 6.03 Å². The van der Waals surface area contributed by atoms with Gasteiger partial charge in [-0.05, 0) is 56.7 Å². The van der Waals surface area contributed by atoms with Crippen LogP contribution in [0.15, 0.2) is 65.7 Å². The van der Waals surface area contributed by atoms with Gasteiger partial charge in [-0.1, -0.05) is 18.2 Å². The zero-order valence-electron chi connectivity index (χ0n) is 23.7. The van der Waals surface area contributed by atoms with Crippen LogP contribution in [0.4, 0.5) is 26.5 Å². The molecule has 212 valence electrons. The van der Waals surface area contributed by atoms with Crippen LogP contribution in [0.3, 0.4) is 0 Å². The van der Waals surface area contributed by atoms with Gasteiger partial charge in [-0.15, -0.1) is 0 Å². The molecule has 2 aromatic carbocycles. The maximum atomic E-state index is 14.9. The molecule has 3 N–H and O–H groups in total. The Morgan fingerprint density at radius 3 is 2.52 bits per heavy atom. The van der Waals surface area contributed by atoms with Crippen LogP contribution in [0, 0.1) is 17.1 Å². The van der Waals surface area contributed by atoms with Gasteiger partial charge in [0.2, 0.25) is 5.95 Å². The first-order chi connectivity index (χ1) is 20.0. The van der Waals surface area contributed by atoms with E-state index in [1.54, 1.807) is 61.5 Å². The molecule has 2 amide bonds. The van der Waals surface area contributed by atoms with Gasteiger partial charge in [0.15, 0.2) is 0 Å². The number of nitrogens with one attached hydrogen (secondary N) is 3. The Labute approximate surface area is 240 Å². The third-order valence-corrected chi connectivity index (χ3v) is 6.61. The molecular formula is C30H28FN9O2. The lowest BCUT2D eigenvalue weighted by Gasteiger charge is -2.18. The van der Waals surface area contributed by atoms with E-state index in [0.717, 1.165) is 0 Å². The smallest absolute Gasteiger partial charge is 0.323 e. The molecular weight excluding hydrogens is 537 g/mol. The highest BCUT2D eigenvalue weighted by Crippen LogP contribution is 2.31. The third-order valence-electron chi connectivity index (χ3n) is 6.61. The predicted molar refractivity (Wildman–Crippen MR) is 160 cm³/mol. The van der Waals surface area contributed by atoms with Crippen LogP contribution in [-0.4, -0.2) is 37.4 Å². The first-order valence-electron chi connectivity index (χ1n) is 13.0. The fourth-order valence-electron chi connectivity index (χ4n) is 4.40. The number of carbonyl (C=O) groups is 1. The van der Waals surface area contributed by atoms with Gasteiger partial charge in [-0.3, -0.25) is 14.0 Å². The van der Waals surface area contributed by atoms with Crippen molar-refractivity contribution in [3.05, 3.63) is 82.7 Å². The Hall–Kier alpha value is -5.57. The normalized spacial score (nSPS) is 11.3. The number of urea groups is 1. The van der Waals surface area contributed by atoms with Crippen molar-refractivity contribution in [2.24, 2.45) is 7.05 Å². The number of hydrogen-bond donors (Lipinski definition) is 3. The number of nitriles is 1. The van der Waals surface area contributed by atoms with E-state index >= 15 is 0 Å². The summed E-state index contributed by atoms with van der Waals surface area (Å²) in [4.78, 5) is 34.9. The molecule has 0 spiro atoms. The van der Waals surface area contributed by atoms with E-state index < -0.39 is 17.4 Å². The molecule has 0 fully saturated rings. The van der Waals surface area contributed by atoms with Crippen LogP contribution in [-0.2, 0) is 12.6 Å². The molecule has 0 aliphatic carbocycles. The Morgan fingerprint density at radius 2 is 1.81 bits per heavy atom. The van der Waals surface area contributed by atoms with Crippen molar-refractivity contribution in [1.82, 2.24) is 24.3 Å². The van der Waals surface area contributed by atoms with Gasteiger partial charge in [-0.2, -0.15) is 15.3 Å². The summed E-state index contributed by atoms with van der Waals surface area (Å²) in [6.07, 6.45) is 3.27. The second kappa shape index (κ2) is 10.8. The minimum absolute atomic E-state index is 0.120. The average Bonchev–Trinajstić information content (AvgIpc) is 3.40. The van der Waals surface area contributed by atoms with Crippen molar-refractivity contribution in [3.8, 4) is 28.5 Å². The van der Waals surface area contributed by atoms with Crippen molar-refractivity contribution < 1.29 is 9.18 Å². The van der Waals surface area contributed by atoms with Crippen LogP contribution in [0.2, 0.25) is 0 Å². The molecule has 0 aliphatic heterocycles. The van der Waals surface area contributed by atoms with Crippen molar-refractivity contribution in [3.63, 3.8) is 0 Å². The molecule has 5 aromatic rings. The number of aryl methyl sites for hydroxylation is 1. The van der Waals surface area contributed by atoms with Gasteiger partial charge in [0, 0.05) is 43.0 Å². The van der Waals surface area contributed by atoms with Gasteiger partial charge in [0.1, 0.15) is 17.2 Å². The lowest BCUT2D eigenvalue weighted by atomic mass is 10.1. The molecule has 0 aliphatic rings. The predicted octanol–water partition coefficient (Wildman–Crippen LogP) is 5.31. The van der Waals surface area contributed by atoms with Crippen molar-refractivity contribution >= 4 is 34.4 Å². The molecule has 11 nitrogen and oxygen atoms in total. The number of aromatic nitrogens is 5. The van der Waals surface area contributed by atoms with Crippen LogP contribution < -0.4 is 21.5 Å². The van der Waals surface area contributed by atoms with E-state index in [-0.39, 0.29) is 11.2 Å². The molecule has 0 atom stereocenters. The standard InChI is InChI=1S/C30H28FN9O2/c1-30(2,3)40-16-24(25(38-40)19-8-6-7-17(11-19)14-32)36-29(42)35-23-13-18(9-10-22(23)31)21-12-20-15-34-28(33-4)37-26(20)39(5)27(21)41/h6-13,15-16H,1-5H3,(H,33,34,37)(H2,35,36,42). The summed E-state index contributed by atoms with van der Waals surface area (Å²) < 4.78 is 18.0. The molecule has 3 heterocycles. The van der Waals surface area contributed by atoms with E-state index in [2.05, 4.69) is 37.1 Å². The van der Waals surface area contributed by atoms with E-state index in [1.807, 2.05) is 20.8 Å². The first kappa shape index (κ1) is 28.0. The van der Waals surface area contributed by atoms with E-state index in [4.69, 9.17) is 0 Å². The molecule has 0 saturated heterocycles. The highest BCUT2D eigenvalue weighted by Gasteiger charge is 2.21. The molecule has 3 aromatic heterocycles. The summed E-state index contributed by atoms with van der Waals surface area (Å²) in [5.74, 6) is -0.306. The molecule has 0 bridgehead atoms. The number of benzene rings is 2. The molecule has 0 unspecified atom stereocenters. The minimum Gasteiger partial charge on any atom is -0.357 e. The molecule has 42 heavy (non-hydrogen) atoms. The van der Waals surface area contributed by atoms with Gasteiger partial charge in [-0.25, -0.2) is 14.2 Å². The third kappa shape index (κ3) is 5.40. The second-order valence-corrected chi connectivity index (χ2v) is 10.6. The number of nitrogens with zero attached hydrogens (tertiary/aromatic N) is 6. The fraction of sp³-hybridized carbons (Fsp3) is 0.200. The van der Waals surface area contributed by atoms with Gasteiger partial charge in [0.05, 0.1) is 28.5 Å². The summed E-state index contributed by atoms with van der Waals surface area (Å²) in [6.45, 7) is 5.88. The first-order valence-corrected chi connectivity index (χ1v) is 13.0. The summed E-state index contributed by atoms with van der Waals surface area (Å²) in [5, 5.41) is 22.8. The maximum Gasteiger partial charge on any atom is 0.323 e. The maximum absolute atomic E-state index is 14.9. The lowest BCUT2D eigenvalue weighted by Crippen LogP contribution is -2.22. The average molecular weight is 566 g/mol. The zero-order chi connectivity index (χ0) is 30.2. The highest BCUT2D eigenvalue weighted by atomic mass is 19.1. The summed E-state index contributed by atoms with van der Waals surface area (Å²) in [6, 6.07) is 14.0. The number of hydrogen-bond acceptors (Lipinski definition) is 7. The van der Waals surface area contributed by atoms with Crippen LogP contribution in [0.5, 0.6) is 0 Å². The zero-order valence-corrected chi connectivity index (χ0v) is 23.7. The molecule has 0 saturated carbocycles. The molecule has 5 rings (SSSR count). The Kier molecular flexibility index (Phi) is 7.18. The molecule has 12 heteroatoms. The minimum atomic E-state index is -0.711. The highest BCUT2D eigenvalue weighted by molar-refractivity contribution is 6.02. The van der Waals surface area contributed by atoms with Crippen LogP contribution >= 0.6 is 0 Å². The second-order valence-electron chi connectivity index (χ2n) is 10.6. The van der Waals surface area contributed by atoms with E-state index in [1.165, 1.54) is 22.8 Å². The monoisotopic (exact) mass is 565 g/mol.